The summed E-state index contributed by atoms with van der Waals surface area (Å²) < 4.78 is 54.7. The van der Waals surface area contributed by atoms with Crippen molar-refractivity contribution in [2.24, 2.45) is 0 Å². The van der Waals surface area contributed by atoms with Gasteiger partial charge in [0.1, 0.15) is 0 Å². The van der Waals surface area contributed by atoms with E-state index in [4.69, 9.17) is 42.6 Å². The number of rotatable bonds is 33. The van der Waals surface area contributed by atoms with Crippen molar-refractivity contribution in [2.45, 2.75) is 115 Å². The molecule has 13 heteroatoms. The van der Waals surface area contributed by atoms with Crippen LogP contribution in [-0.2, 0) is 0 Å². The molecule has 0 amide bonds. The molecule has 0 radical (unpaired) electrons. The van der Waals surface area contributed by atoms with Crippen molar-refractivity contribution in [3.05, 3.63) is 36.4 Å². The standard InChI is InChI=1S/C45H75AsO9Si3/c1-10-47-34-22-25-37(43(53-16-7)40(34)50-13-4)56-31-19-28-46(29-20-32-57-38-26-23-35(48-11-2)41(51-14-5)44(38)54-17-8)30-21-33-58-39-27-24-36(49-12-3)42(52-15-6)45(39)55-18-9/h22-27H,10-21,28-33,56-58H2,1-9H3. The van der Waals surface area contributed by atoms with E-state index in [0.29, 0.717) is 59.5 Å². The molecule has 0 aliphatic heterocycles. The van der Waals surface area contributed by atoms with Crippen molar-refractivity contribution in [2.75, 3.05) is 59.5 Å². The van der Waals surface area contributed by atoms with Crippen LogP contribution >= 0.6 is 0 Å². The minimum absolute atomic E-state index is 0.536. The van der Waals surface area contributed by atoms with Gasteiger partial charge in [0, 0.05) is 0 Å². The Kier molecular flexibility index (Phi) is 25.0. The molecule has 3 aromatic carbocycles. The van der Waals surface area contributed by atoms with E-state index in [0.717, 1.165) is 51.7 Å². The van der Waals surface area contributed by atoms with Gasteiger partial charge in [-0.15, -0.1) is 0 Å². The van der Waals surface area contributed by atoms with E-state index in [1.807, 2.05) is 62.3 Å². The summed E-state index contributed by atoms with van der Waals surface area (Å²) in [5, 5.41) is 8.28. The number of benzene rings is 3. The molecule has 9 nitrogen and oxygen atoms in total. The van der Waals surface area contributed by atoms with E-state index in [1.54, 1.807) is 0 Å². The van der Waals surface area contributed by atoms with Crippen LogP contribution in [0.2, 0.25) is 33.8 Å². The van der Waals surface area contributed by atoms with Crippen molar-refractivity contribution >= 4 is 58.8 Å². The molecule has 0 fully saturated rings. The predicted molar refractivity (Wildman–Crippen MR) is 253 cm³/mol. The van der Waals surface area contributed by atoms with Gasteiger partial charge in [0.25, 0.3) is 0 Å². The fourth-order valence-electron chi connectivity index (χ4n) is 7.19. The van der Waals surface area contributed by atoms with Crippen molar-refractivity contribution in [3.63, 3.8) is 0 Å². The molecular formula is C45H75AsO9Si3. The monoisotopic (exact) mass is 918 g/mol. The molecule has 0 spiro atoms. The van der Waals surface area contributed by atoms with Crippen LogP contribution < -0.4 is 58.2 Å². The van der Waals surface area contributed by atoms with Gasteiger partial charge in [0.15, 0.2) is 0 Å². The molecular weight excluding hydrogens is 844 g/mol. The Balaban J connectivity index is 1.72. The summed E-state index contributed by atoms with van der Waals surface area (Å²) in [5.41, 5.74) is 0. The molecule has 0 unspecified atom stereocenters. The van der Waals surface area contributed by atoms with Gasteiger partial charge < -0.3 is 0 Å². The van der Waals surface area contributed by atoms with Crippen molar-refractivity contribution < 1.29 is 42.6 Å². The van der Waals surface area contributed by atoms with Crippen molar-refractivity contribution in [1.82, 2.24) is 0 Å². The predicted octanol–water partition coefficient (Wildman–Crippen LogP) is 6.98. The van der Waals surface area contributed by atoms with Gasteiger partial charge in [0.2, 0.25) is 0 Å². The van der Waals surface area contributed by atoms with Crippen LogP contribution in [0.5, 0.6) is 51.7 Å². The van der Waals surface area contributed by atoms with Gasteiger partial charge in [-0.05, 0) is 0 Å². The van der Waals surface area contributed by atoms with Gasteiger partial charge in [-0.2, -0.15) is 0 Å². The number of ether oxygens (including phenoxy) is 9. The summed E-state index contributed by atoms with van der Waals surface area (Å²) in [6.07, 6.45) is 3.92. The van der Waals surface area contributed by atoms with Crippen LogP contribution in [0.1, 0.15) is 81.6 Å². The summed E-state index contributed by atoms with van der Waals surface area (Å²) in [6.45, 7) is 23.7. The Morgan fingerprint density at radius 1 is 0.328 bits per heavy atom. The number of hydrogen-bond donors (Lipinski definition) is 0. The molecule has 0 saturated heterocycles. The van der Waals surface area contributed by atoms with E-state index < -0.39 is 43.2 Å². The Labute approximate surface area is 362 Å². The second kappa shape index (κ2) is 29.3. The summed E-state index contributed by atoms with van der Waals surface area (Å²) in [7, 11) is -1.61. The first kappa shape index (κ1) is 49.4. The number of hydrogen-bond acceptors (Lipinski definition) is 9. The average Bonchev–Trinajstić information content (AvgIpc) is 3.22. The summed E-state index contributed by atoms with van der Waals surface area (Å²) >= 11 is -1.05. The molecule has 3 rings (SSSR count). The Morgan fingerprint density at radius 2 is 0.569 bits per heavy atom. The SMILES string of the molecule is CCOc1ccc([SiH2]CCC[As](CCC[SiH2]c2ccc(OCC)c(OCC)c2OCC)CCC[SiH2]c2ccc(OCC)c(OCC)c2OCC)c(OCC)c1OCC. The zero-order valence-electron chi connectivity index (χ0n) is 37.4. The molecule has 0 N–H and O–H groups in total. The maximum atomic E-state index is 6.21. The normalized spacial score (nSPS) is 12.2. The van der Waals surface area contributed by atoms with Crippen LogP contribution in [0.3, 0.4) is 0 Å². The summed E-state index contributed by atoms with van der Waals surface area (Å²) in [5.74, 6) is 7.41. The van der Waals surface area contributed by atoms with Gasteiger partial charge in [-0.25, -0.2) is 0 Å². The molecule has 0 aliphatic carbocycles. The van der Waals surface area contributed by atoms with Gasteiger partial charge in [-0.1, -0.05) is 0 Å². The molecule has 0 aliphatic rings. The van der Waals surface area contributed by atoms with Crippen LogP contribution in [0.4, 0.5) is 0 Å². The van der Waals surface area contributed by atoms with Crippen LogP contribution in [0.15, 0.2) is 36.4 Å². The molecule has 0 heterocycles. The Hall–Kier alpha value is -2.93. The van der Waals surface area contributed by atoms with Gasteiger partial charge in [-0.3, -0.25) is 0 Å². The third kappa shape index (κ3) is 15.6. The minimum atomic E-state index is -1.05. The third-order valence-electron chi connectivity index (χ3n) is 9.62. The second-order valence-electron chi connectivity index (χ2n) is 13.8. The van der Waals surface area contributed by atoms with E-state index in [1.165, 1.54) is 68.6 Å². The van der Waals surface area contributed by atoms with E-state index in [2.05, 4.69) is 36.4 Å². The van der Waals surface area contributed by atoms with Crippen molar-refractivity contribution in [3.8, 4) is 51.7 Å². The van der Waals surface area contributed by atoms with Crippen molar-refractivity contribution in [1.29, 1.82) is 0 Å². The molecule has 326 valence electrons. The molecule has 3 aromatic rings. The molecule has 0 saturated carbocycles. The van der Waals surface area contributed by atoms with Crippen LogP contribution in [-0.4, -0.2) is 103 Å². The van der Waals surface area contributed by atoms with E-state index in [9.17, 15) is 0 Å². The van der Waals surface area contributed by atoms with Crippen LogP contribution in [0, 0.1) is 0 Å². The first-order valence-corrected chi connectivity index (χ1v) is 31.4. The fourth-order valence-corrected chi connectivity index (χ4v) is 20.5. The third-order valence-corrected chi connectivity index (χ3v) is 21.4. The maximum absolute atomic E-state index is 6.21. The zero-order chi connectivity index (χ0) is 42.0. The molecule has 0 atom stereocenters. The quantitative estimate of drug-likeness (QED) is 0.0476. The Morgan fingerprint density at radius 3 is 0.810 bits per heavy atom. The molecule has 0 bridgehead atoms. The summed E-state index contributed by atoms with van der Waals surface area (Å²) in [4.78, 5) is 0. The zero-order valence-corrected chi connectivity index (χ0v) is 43.6. The second-order valence-corrected chi connectivity index (χ2v) is 25.3. The average molecular weight is 919 g/mol. The van der Waals surface area contributed by atoms with E-state index >= 15 is 0 Å². The first-order valence-electron chi connectivity index (χ1n) is 22.3. The summed E-state index contributed by atoms with van der Waals surface area (Å²) in [6, 6.07) is 16.8. The fraction of sp³-hybridized carbons (Fsp3) is 0.600. The van der Waals surface area contributed by atoms with E-state index in [-0.39, 0.29) is 0 Å². The van der Waals surface area contributed by atoms with Gasteiger partial charge >= 0.3 is 364 Å². The van der Waals surface area contributed by atoms with Gasteiger partial charge in [0.05, 0.1) is 0 Å². The first-order chi connectivity index (χ1) is 28.4. The molecule has 58 heavy (non-hydrogen) atoms. The molecule has 0 aromatic heterocycles. The van der Waals surface area contributed by atoms with Crippen LogP contribution in [0.25, 0.3) is 0 Å². The Bertz CT molecular complexity index is 1410. The topological polar surface area (TPSA) is 83.1 Å².